The van der Waals surface area contributed by atoms with Gasteiger partial charge in [0.15, 0.2) is 0 Å². The van der Waals surface area contributed by atoms with E-state index in [0.717, 1.165) is 23.9 Å². The quantitative estimate of drug-likeness (QED) is 0.604. The van der Waals surface area contributed by atoms with Gasteiger partial charge in [0, 0.05) is 11.1 Å². The van der Waals surface area contributed by atoms with Gasteiger partial charge in [-0.3, -0.25) is 0 Å². The van der Waals surface area contributed by atoms with E-state index in [0.29, 0.717) is 6.04 Å². The molecule has 0 aliphatic carbocycles. The number of halogens is 1. The minimum absolute atomic E-state index is 0.586. The van der Waals surface area contributed by atoms with Crippen LogP contribution in [0.4, 0.5) is 0 Å². The molecule has 1 N–H and O–H groups in total. The summed E-state index contributed by atoms with van der Waals surface area (Å²) >= 11 is 5.96. The van der Waals surface area contributed by atoms with Crippen LogP contribution < -0.4 is 5.32 Å². The lowest BCUT2D eigenvalue weighted by molar-refractivity contribution is 0.350. The number of benzene rings is 1. The van der Waals surface area contributed by atoms with Gasteiger partial charge < -0.3 is 5.32 Å². The molecule has 114 valence electrons. The Bertz CT molecular complexity index is 347. The molecule has 0 aliphatic rings. The second-order valence-electron chi connectivity index (χ2n) is 5.74. The molecule has 2 unspecified atom stereocenters. The molecule has 0 fully saturated rings. The topological polar surface area (TPSA) is 12.0 Å². The van der Waals surface area contributed by atoms with E-state index in [1.807, 2.05) is 12.1 Å². The summed E-state index contributed by atoms with van der Waals surface area (Å²) in [5.41, 5.74) is 1.38. The van der Waals surface area contributed by atoms with Gasteiger partial charge in [-0.15, -0.1) is 0 Å². The first-order valence-electron chi connectivity index (χ1n) is 8.17. The summed E-state index contributed by atoms with van der Waals surface area (Å²) in [5.74, 6) is 0.853. The number of unbranched alkanes of at least 4 members (excludes halogenated alkanes) is 1. The fourth-order valence-corrected chi connectivity index (χ4v) is 2.94. The van der Waals surface area contributed by atoms with Crippen LogP contribution in [0.15, 0.2) is 24.3 Å². The fraction of sp³-hybridized carbons (Fsp3) is 0.667. The normalized spacial score (nSPS) is 14.2. The highest BCUT2D eigenvalue weighted by Crippen LogP contribution is 2.21. The Morgan fingerprint density at radius 3 is 2.35 bits per heavy atom. The third-order valence-electron chi connectivity index (χ3n) is 4.05. The summed E-state index contributed by atoms with van der Waals surface area (Å²) in [4.78, 5) is 0. The molecule has 0 aliphatic heterocycles. The average molecular weight is 296 g/mol. The van der Waals surface area contributed by atoms with Crippen molar-refractivity contribution >= 4 is 11.6 Å². The summed E-state index contributed by atoms with van der Waals surface area (Å²) in [6, 6.07) is 8.88. The van der Waals surface area contributed by atoms with E-state index in [1.165, 1.54) is 37.7 Å². The molecule has 20 heavy (non-hydrogen) atoms. The molecule has 0 bridgehead atoms. The van der Waals surface area contributed by atoms with Gasteiger partial charge in [0.25, 0.3) is 0 Å². The van der Waals surface area contributed by atoms with E-state index in [4.69, 9.17) is 11.6 Å². The monoisotopic (exact) mass is 295 g/mol. The average Bonchev–Trinajstić information content (AvgIpc) is 2.46. The third kappa shape index (κ3) is 6.76. The number of hydrogen-bond acceptors (Lipinski definition) is 1. The van der Waals surface area contributed by atoms with Gasteiger partial charge in [-0.2, -0.15) is 0 Å². The predicted octanol–water partition coefficient (Wildman–Crippen LogP) is 5.47. The van der Waals surface area contributed by atoms with Crippen molar-refractivity contribution in [2.45, 2.75) is 65.3 Å². The SMILES string of the molecule is CCCCC(CC)CC(Cc1ccc(Cl)cc1)NCC. The second-order valence-corrected chi connectivity index (χ2v) is 6.17. The Kier molecular flexibility index (Phi) is 8.97. The number of rotatable bonds is 10. The zero-order valence-corrected chi connectivity index (χ0v) is 14.0. The van der Waals surface area contributed by atoms with Crippen LogP contribution in [0.3, 0.4) is 0 Å². The van der Waals surface area contributed by atoms with Crippen molar-refractivity contribution in [3.8, 4) is 0 Å². The standard InChI is InChI=1S/C18H30ClN/c1-4-7-8-15(5-2)13-18(20-6-3)14-16-9-11-17(19)12-10-16/h9-12,15,18,20H,4-8,13-14H2,1-3H3. The van der Waals surface area contributed by atoms with Crippen LogP contribution in [0.1, 0.15) is 58.4 Å². The molecule has 0 radical (unpaired) electrons. The number of hydrogen-bond donors (Lipinski definition) is 1. The Morgan fingerprint density at radius 1 is 1.10 bits per heavy atom. The summed E-state index contributed by atoms with van der Waals surface area (Å²) in [6.45, 7) is 7.85. The first kappa shape index (κ1) is 17.5. The maximum atomic E-state index is 5.96. The predicted molar refractivity (Wildman–Crippen MR) is 90.5 cm³/mol. The minimum atomic E-state index is 0.586. The van der Waals surface area contributed by atoms with Gasteiger partial charge in [-0.05, 0) is 43.0 Å². The summed E-state index contributed by atoms with van der Waals surface area (Å²) in [6.07, 6.45) is 7.72. The zero-order valence-electron chi connectivity index (χ0n) is 13.3. The van der Waals surface area contributed by atoms with Gasteiger partial charge in [-0.25, -0.2) is 0 Å². The lowest BCUT2D eigenvalue weighted by Gasteiger charge is -2.23. The maximum Gasteiger partial charge on any atom is 0.0406 e. The Morgan fingerprint density at radius 2 is 1.80 bits per heavy atom. The largest absolute Gasteiger partial charge is 0.314 e. The van der Waals surface area contributed by atoms with E-state index < -0.39 is 0 Å². The zero-order chi connectivity index (χ0) is 14.8. The maximum absolute atomic E-state index is 5.96. The first-order chi connectivity index (χ1) is 9.69. The van der Waals surface area contributed by atoms with Crippen LogP contribution in [-0.4, -0.2) is 12.6 Å². The highest BCUT2D eigenvalue weighted by Gasteiger charge is 2.15. The Hall–Kier alpha value is -0.530. The van der Waals surface area contributed by atoms with Crippen LogP contribution in [0.2, 0.25) is 5.02 Å². The number of likely N-dealkylation sites (N-methyl/N-ethyl adjacent to an activating group) is 1. The highest BCUT2D eigenvalue weighted by atomic mass is 35.5. The van der Waals surface area contributed by atoms with Gasteiger partial charge in [0.2, 0.25) is 0 Å². The van der Waals surface area contributed by atoms with Crippen molar-refractivity contribution in [3.63, 3.8) is 0 Å². The van der Waals surface area contributed by atoms with Crippen molar-refractivity contribution in [1.29, 1.82) is 0 Å². The molecule has 0 spiro atoms. The molecule has 1 aromatic carbocycles. The third-order valence-corrected chi connectivity index (χ3v) is 4.30. The summed E-state index contributed by atoms with van der Waals surface area (Å²) in [5, 5.41) is 4.48. The Balaban J connectivity index is 2.55. The van der Waals surface area contributed by atoms with E-state index >= 15 is 0 Å². The molecule has 0 saturated heterocycles. The van der Waals surface area contributed by atoms with Gasteiger partial charge in [0.05, 0.1) is 0 Å². The number of nitrogens with one attached hydrogen (secondary N) is 1. The second kappa shape index (κ2) is 10.2. The highest BCUT2D eigenvalue weighted by molar-refractivity contribution is 6.30. The smallest absolute Gasteiger partial charge is 0.0406 e. The van der Waals surface area contributed by atoms with Gasteiger partial charge in [-0.1, -0.05) is 70.2 Å². The van der Waals surface area contributed by atoms with Crippen LogP contribution in [-0.2, 0) is 6.42 Å². The summed E-state index contributed by atoms with van der Waals surface area (Å²) in [7, 11) is 0. The van der Waals surface area contributed by atoms with Crippen LogP contribution in [0.5, 0.6) is 0 Å². The van der Waals surface area contributed by atoms with Gasteiger partial charge in [0.1, 0.15) is 0 Å². The molecular formula is C18H30ClN. The molecule has 1 nitrogen and oxygen atoms in total. The van der Waals surface area contributed by atoms with Crippen molar-refractivity contribution in [2.24, 2.45) is 5.92 Å². The molecule has 0 saturated carbocycles. The molecule has 2 atom stereocenters. The van der Waals surface area contributed by atoms with Crippen LogP contribution >= 0.6 is 11.6 Å². The lowest BCUT2D eigenvalue weighted by Crippen LogP contribution is -2.33. The van der Waals surface area contributed by atoms with E-state index in [-0.39, 0.29) is 0 Å². The van der Waals surface area contributed by atoms with Crippen molar-refractivity contribution in [1.82, 2.24) is 5.32 Å². The Labute approximate surface area is 130 Å². The molecule has 0 aromatic heterocycles. The van der Waals surface area contributed by atoms with Crippen molar-refractivity contribution < 1.29 is 0 Å². The molecule has 1 aromatic rings. The summed E-state index contributed by atoms with van der Waals surface area (Å²) < 4.78 is 0. The molecule has 0 heterocycles. The van der Waals surface area contributed by atoms with E-state index in [1.54, 1.807) is 0 Å². The van der Waals surface area contributed by atoms with Gasteiger partial charge >= 0.3 is 0 Å². The van der Waals surface area contributed by atoms with E-state index in [2.05, 4.69) is 38.2 Å². The molecular weight excluding hydrogens is 266 g/mol. The molecule has 0 amide bonds. The van der Waals surface area contributed by atoms with E-state index in [9.17, 15) is 0 Å². The lowest BCUT2D eigenvalue weighted by atomic mass is 9.89. The van der Waals surface area contributed by atoms with Crippen molar-refractivity contribution in [2.75, 3.05) is 6.54 Å². The van der Waals surface area contributed by atoms with Crippen molar-refractivity contribution in [3.05, 3.63) is 34.9 Å². The van der Waals surface area contributed by atoms with Crippen LogP contribution in [0, 0.1) is 5.92 Å². The van der Waals surface area contributed by atoms with Crippen LogP contribution in [0.25, 0.3) is 0 Å². The molecule has 2 heteroatoms. The first-order valence-corrected chi connectivity index (χ1v) is 8.55. The fourth-order valence-electron chi connectivity index (χ4n) is 2.82. The minimum Gasteiger partial charge on any atom is -0.314 e. The molecule has 1 rings (SSSR count).